The first-order valence-electron chi connectivity index (χ1n) is 6.53. The number of hydrogen-bond acceptors (Lipinski definition) is 4. The van der Waals surface area contributed by atoms with Crippen molar-refractivity contribution in [3.05, 3.63) is 45.9 Å². The highest BCUT2D eigenvalue weighted by atomic mass is 32.1. The van der Waals surface area contributed by atoms with Crippen LogP contribution < -0.4 is 10.1 Å². The number of thiophene rings is 1. The highest BCUT2D eigenvalue weighted by Gasteiger charge is 2.16. The lowest BCUT2D eigenvalue weighted by molar-refractivity contribution is 0.411. The van der Waals surface area contributed by atoms with Crippen LogP contribution in [-0.2, 0) is 0 Å². The van der Waals surface area contributed by atoms with E-state index in [0.717, 1.165) is 24.3 Å². The Morgan fingerprint density at radius 3 is 2.84 bits per heavy atom. The van der Waals surface area contributed by atoms with E-state index in [1.54, 1.807) is 13.3 Å². The number of rotatable bonds is 6. The van der Waals surface area contributed by atoms with Crippen molar-refractivity contribution in [1.29, 1.82) is 0 Å². The number of pyridine rings is 1. The van der Waals surface area contributed by atoms with Crippen molar-refractivity contribution < 1.29 is 4.74 Å². The molecule has 0 aliphatic carbocycles. The lowest BCUT2D eigenvalue weighted by Crippen LogP contribution is -2.22. The molecule has 102 valence electrons. The molecule has 2 heterocycles. The summed E-state index contributed by atoms with van der Waals surface area (Å²) in [6.45, 7) is 5.29. The highest BCUT2D eigenvalue weighted by molar-refractivity contribution is 7.12. The maximum Gasteiger partial charge on any atom is 0.137 e. The number of methoxy groups -OCH3 is 1. The number of aromatic nitrogens is 1. The fraction of sp³-hybridized carbons (Fsp3) is 0.400. The van der Waals surface area contributed by atoms with Crippen molar-refractivity contribution in [3.63, 3.8) is 0 Å². The molecule has 0 aliphatic heterocycles. The molecule has 0 saturated carbocycles. The molecular formula is C15H20N2OS. The molecule has 0 radical (unpaired) electrons. The second-order valence-corrected chi connectivity index (χ2v) is 5.81. The summed E-state index contributed by atoms with van der Waals surface area (Å²) in [6.07, 6.45) is 4.75. The van der Waals surface area contributed by atoms with Gasteiger partial charge in [0.15, 0.2) is 0 Å². The summed E-state index contributed by atoms with van der Waals surface area (Å²) < 4.78 is 5.26. The van der Waals surface area contributed by atoms with Crippen LogP contribution in [-0.4, -0.2) is 18.6 Å². The largest absolute Gasteiger partial charge is 0.495 e. The van der Waals surface area contributed by atoms with E-state index in [1.165, 1.54) is 9.75 Å². The number of ether oxygens (including phenoxy) is 1. The minimum atomic E-state index is 0.196. The quantitative estimate of drug-likeness (QED) is 0.876. The lowest BCUT2D eigenvalue weighted by Gasteiger charge is -2.17. The van der Waals surface area contributed by atoms with Gasteiger partial charge in [-0.25, -0.2) is 0 Å². The Hall–Kier alpha value is -1.39. The molecule has 0 aliphatic rings. The maximum atomic E-state index is 5.26. The minimum Gasteiger partial charge on any atom is -0.495 e. The maximum absolute atomic E-state index is 5.26. The first kappa shape index (κ1) is 14.0. The molecule has 0 bridgehead atoms. The van der Waals surface area contributed by atoms with E-state index in [2.05, 4.69) is 42.3 Å². The molecule has 1 unspecified atom stereocenters. The second-order valence-electron chi connectivity index (χ2n) is 4.49. The first-order valence-corrected chi connectivity index (χ1v) is 7.35. The zero-order valence-corrected chi connectivity index (χ0v) is 12.5. The normalized spacial score (nSPS) is 12.4. The molecule has 1 atom stereocenters. The van der Waals surface area contributed by atoms with Gasteiger partial charge >= 0.3 is 0 Å². The van der Waals surface area contributed by atoms with Gasteiger partial charge in [0.1, 0.15) is 5.75 Å². The molecule has 0 saturated heterocycles. The number of hydrogen-bond donors (Lipinski definition) is 1. The number of nitrogens with zero attached hydrogens (tertiary/aromatic N) is 1. The molecule has 2 aromatic heterocycles. The molecule has 0 fully saturated rings. The third-order valence-corrected chi connectivity index (χ3v) is 4.01. The smallest absolute Gasteiger partial charge is 0.137 e. The summed E-state index contributed by atoms with van der Waals surface area (Å²) >= 11 is 1.82. The fourth-order valence-electron chi connectivity index (χ4n) is 1.99. The van der Waals surface area contributed by atoms with E-state index >= 15 is 0 Å². The third-order valence-electron chi connectivity index (χ3n) is 2.95. The van der Waals surface area contributed by atoms with Gasteiger partial charge in [-0.1, -0.05) is 6.92 Å². The third kappa shape index (κ3) is 3.55. The molecule has 4 heteroatoms. The second kappa shape index (κ2) is 6.68. The zero-order chi connectivity index (χ0) is 13.7. The molecule has 0 aromatic carbocycles. The summed E-state index contributed by atoms with van der Waals surface area (Å²) in [5.41, 5.74) is 1.15. The van der Waals surface area contributed by atoms with Crippen molar-refractivity contribution in [2.45, 2.75) is 26.3 Å². The van der Waals surface area contributed by atoms with Gasteiger partial charge in [0.05, 0.1) is 19.3 Å². The molecule has 0 amide bonds. The van der Waals surface area contributed by atoms with Crippen LogP contribution in [0.4, 0.5) is 0 Å². The molecule has 1 N–H and O–H groups in total. The Bertz CT molecular complexity index is 524. The van der Waals surface area contributed by atoms with Crippen LogP contribution in [0.5, 0.6) is 5.75 Å². The van der Waals surface area contributed by atoms with Crippen LogP contribution in [0.3, 0.4) is 0 Å². The summed E-state index contributed by atoms with van der Waals surface area (Å²) in [5.74, 6) is 0.800. The molecular weight excluding hydrogens is 256 g/mol. The highest BCUT2D eigenvalue weighted by Crippen LogP contribution is 2.29. The van der Waals surface area contributed by atoms with E-state index in [0.29, 0.717) is 0 Å². The van der Waals surface area contributed by atoms with Gasteiger partial charge < -0.3 is 10.1 Å². The van der Waals surface area contributed by atoms with Crippen molar-refractivity contribution in [2.75, 3.05) is 13.7 Å². The van der Waals surface area contributed by atoms with Crippen LogP contribution >= 0.6 is 11.3 Å². The van der Waals surface area contributed by atoms with Crippen molar-refractivity contribution in [3.8, 4) is 5.75 Å². The number of aryl methyl sites for hydroxylation is 1. The van der Waals surface area contributed by atoms with Crippen LogP contribution in [0, 0.1) is 6.92 Å². The Labute approximate surface area is 118 Å². The Balaban J connectivity index is 2.30. The predicted octanol–water partition coefficient (Wildman–Crippen LogP) is 3.55. The first-order chi connectivity index (χ1) is 9.24. The fourth-order valence-corrected chi connectivity index (χ4v) is 2.97. The molecule has 19 heavy (non-hydrogen) atoms. The van der Waals surface area contributed by atoms with Gasteiger partial charge in [-0.2, -0.15) is 0 Å². The van der Waals surface area contributed by atoms with E-state index in [1.807, 2.05) is 17.5 Å². The van der Waals surface area contributed by atoms with E-state index in [4.69, 9.17) is 4.74 Å². The summed E-state index contributed by atoms with van der Waals surface area (Å²) in [4.78, 5) is 6.90. The van der Waals surface area contributed by atoms with E-state index in [-0.39, 0.29) is 6.04 Å². The van der Waals surface area contributed by atoms with Crippen LogP contribution in [0.1, 0.15) is 34.7 Å². The average Bonchev–Trinajstić information content (AvgIpc) is 2.86. The van der Waals surface area contributed by atoms with Gasteiger partial charge in [0.25, 0.3) is 0 Å². The molecule has 0 spiro atoms. The summed E-state index contributed by atoms with van der Waals surface area (Å²) in [5, 5.41) is 3.58. The van der Waals surface area contributed by atoms with Crippen molar-refractivity contribution in [2.24, 2.45) is 0 Å². The molecule has 2 aromatic rings. The SMILES string of the molecule is CCCNC(c1cncc(OC)c1)c1ccc(C)s1. The molecule has 3 nitrogen and oxygen atoms in total. The van der Waals surface area contributed by atoms with Gasteiger partial charge in [0, 0.05) is 16.0 Å². The number of nitrogens with one attached hydrogen (secondary N) is 1. The zero-order valence-electron chi connectivity index (χ0n) is 11.6. The van der Waals surface area contributed by atoms with Crippen LogP contribution in [0.2, 0.25) is 0 Å². The van der Waals surface area contributed by atoms with Crippen LogP contribution in [0.25, 0.3) is 0 Å². The van der Waals surface area contributed by atoms with Gasteiger partial charge in [-0.3, -0.25) is 4.98 Å². The van der Waals surface area contributed by atoms with Gasteiger partial charge in [0.2, 0.25) is 0 Å². The Morgan fingerprint density at radius 1 is 1.37 bits per heavy atom. The van der Waals surface area contributed by atoms with E-state index < -0.39 is 0 Å². The predicted molar refractivity (Wildman–Crippen MR) is 80.0 cm³/mol. The molecule has 2 rings (SSSR count). The van der Waals surface area contributed by atoms with Crippen LogP contribution in [0.15, 0.2) is 30.6 Å². The summed E-state index contributed by atoms with van der Waals surface area (Å²) in [7, 11) is 1.67. The standard InChI is InChI=1S/C15H20N2OS/c1-4-7-17-15(14-6-5-11(2)19-14)12-8-13(18-3)10-16-9-12/h5-6,8-10,15,17H,4,7H2,1-3H3. The summed E-state index contributed by atoms with van der Waals surface area (Å²) in [6, 6.07) is 6.59. The van der Waals surface area contributed by atoms with Crippen molar-refractivity contribution >= 4 is 11.3 Å². The lowest BCUT2D eigenvalue weighted by atomic mass is 10.1. The topological polar surface area (TPSA) is 34.2 Å². The van der Waals surface area contributed by atoms with Gasteiger partial charge in [-0.05, 0) is 43.7 Å². The van der Waals surface area contributed by atoms with Gasteiger partial charge in [-0.15, -0.1) is 11.3 Å². The Morgan fingerprint density at radius 2 is 2.21 bits per heavy atom. The minimum absolute atomic E-state index is 0.196. The van der Waals surface area contributed by atoms with E-state index in [9.17, 15) is 0 Å². The Kier molecular flexibility index (Phi) is 4.93. The average molecular weight is 276 g/mol. The van der Waals surface area contributed by atoms with Crippen molar-refractivity contribution in [1.82, 2.24) is 10.3 Å². The monoisotopic (exact) mass is 276 g/mol.